The van der Waals surface area contributed by atoms with E-state index in [0.29, 0.717) is 12.3 Å². The van der Waals surface area contributed by atoms with Crippen molar-refractivity contribution in [3.63, 3.8) is 0 Å². The Morgan fingerprint density at radius 3 is 3.20 bits per heavy atom. The number of rotatable bonds is 0. The van der Waals surface area contributed by atoms with Gasteiger partial charge >= 0.3 is 5.97 Å². The summed E-state index contributed by atoms with van der Waals surface area (Å²) in [5, 5.41) is 0. The molecule has 2 aliphatic rings. The number of fused-ring (bicyclic) bond motifs is 1. The average Bonchev–Trinajstić information content (AvgIpc) is 2.27. The maximum Gasteiger partial charge on any atom is 0.308 e. The smallest absolute Gasteiger partial charge is 0.308 e. The van der Waals surface area contributed by atoms with Gasteiger partial charge in [0.1, 0.15) is 0 Å². The molecule has 10 heavy (non-hydrogen) atoms. The molecule has 0 aromatic carbocycles. The van der Waals surface area contributed by atoms with Gasteiger partial charge in [-0.2, -0.15) is 0 Å². The van der Waals surface area contributed by atoms with Crippen molar-refractivity contribution < 1.29 is 14.3 Å². The van der Waals surface area contributed by atoms with Crippen LogP contribution in [0.4, 0.5) is 0 Å². The number of hydrogen-bond acceptors (Lipinski definition) is 3. The molecule has 56 valence electrons. The quantitative estimate of drug-likeness (QED) is 0.467. The van der Waals surface area contributed by atoms with Crippen LogP contribution in [0.3, 0.4) is 0 Å². The van der Waals surface area contributed by atoms with Crippen molar-refractivity contribution in [3.8, 4) is 0 Å². The molecular weight excluding hydrogens is 132 g/mol. The van der Waals surface area contributed by atoms with Crippen molar-refractivity contribution in [1.29, 1.82) is 0 Å². The molecule has 2 atom stereocenters. The fourth-order valence-electron chi connectivity index (χ4n) is 1.54. The molecule has 0 spiro atoms. The number of esters is 1. The normalized spacial score (nSPS) is 39.0. The molecule has 2 aliphatic heterocycles. The maximum atomic E-state index is 10.7. The third-order valence-corrected chi connectivity index (χ3v) is 2.06. The molecule has 2 rings (SSSR count). The molecule has 0 aromatic rings. The fourth-order valence-corrected chi connectivity index (χ4v) is 1.54. The number of ether oxygens (including phenoxy) is 2. The summed E-state index contributed by atoms with van der Waals surface area (Å²) < 4.78 is 10.1. The molecule has 3 heteroatoms. The Balaban J connectivity index is 2.04. The van der Waals surface area contributed by atoms with Crippen molar-refractivity contribution in [1.82, 2.24) is 0 Å². The van der Waals surface area contributed by atoms with Crippen molar-refractivity contribution in [3.05, 3.63) is 0 Å². The minimum absolute atomic E-state index is 0.100. The van der Waals surface area contributed by atoms with E-state index < -0.39 is 0 Å². The minimum Gasteiger partial charge on any atom is -0.435 e. The first-order valence-corrected chi connectivity index (χ1v) is 3.67. The van der Waals surface area contributed by atoms with Crippen LogP contribution in [-0.4, -0.2) is 18.9 Å². The van der Waals surface area contributed by atoms with E-state index in [2.05, 4.69) is 0 Å². The van der Waals surface area contributed by atoms with Crippen LogP contribution in [0.25, 0.3) is 0 Å². The lowest BCUT2D eigenvalue weighted by molar-refractivity contribution is -0.174. The van der Waals surface area contributed by atoms with Crippen LogP contribution in [0.15, 0.2) is 0 Å². The Bertz CT molecular complexity index is 139. The van der Waals surface area contributed by atoms with Gasteiger partial charge in [-0.05, 0) is 12.8 Å². The van der Waals surface area contributed by atoms with E-state index in [1.807, 2.05) is 0 Å². The molecule has 2 heterocycles. The van der Waals surface area contributed by atoms with Crippen molar-refractivity contribution >= 4 is 5.97 Å². The van der Waals surface area contributed by atoms with E-state index in [4.69, 9.17) is 9.47 Å². The number of carbonyl (C=O) groups is 1. The van der Waals surface area contributed by atoms with Crippen LogP contribution in [-0.2, 0) is 14.3 Å². The Morgan fingerprint density at radius 2 is 2.40 bits per heavy atom. The van der Waals surface area contributed by atoms with Crippen molar-refractivity contribution in [2.24, 2.45) is 5.92 Å². The Hall–Kier alpha value is -0.570. The Labute approximate surface area is 59.3 Å². The van der Waals surface area contributed by atoms with Crippen LogP contribution in [0.1, 0.15) is 19.3 Å². The zero-order valence-electron chi connectivity index (χ0n) is 5.71. The zero-order chi connectivity index (χ0) is 6.97. The highest BCUT2D eigenvalue weighted by Crippen LogP contribution is 2.30. The molecule has 2 saturated heterocycles. The van der Waals surface area contributed by atoms with E-state index >= 15 is 0 Å². The molecule has 0 N–H and O–H groups in total. The van der Waals surface area contributed by atoms with Gasteiger partial charge in [0.15, 0.2) is 0 Å². The van der Waals surface area contributed by atoms with E-state index in [-0.39, 0.29) is 12.3 Å². The molecular formula is C7H10O3. The van der Waals surface area contributed by atoms with Crippen molar-refractivity contribution in [2.45, 2.75) is 25.6 Å². The summed E-state index contributed by atoms with van der Waals surface area (Å²) in [5.41, 5.74) is 0. The summed E-state index contributed by atoms with van der Waals surface area (Å²) in [6.07, 6.45) is 2.50. The summed E-state index contributed by atoms with van der Waals surface area (Å²) in [6, 6.07) is 0. The highest BCUT2D eigenvalue weighted by atomic mass is 16.7. The SMILES string of the molecule is O=C1C[C@H]2CCCO[C@H]2O1. The highest BCUT2D eigenvalue weighted by molar-refractivity contribution is 5.71. The number of hydrogen-bond donors (Lipinski definition) is 0. The van der Waals surface area contributed by atoms with Gasteiger partial charge < -0.3 is 9.47 Å². The second kappa shape index (κ2) is 2.23. The van der Waals surface area contributed by atoms with E-state index in [0.717, 1.165) is 19.4 Å². The van der Waals surface area contributed by atoms with Gasteiger partial charge in [-0.3, -0.25) is 4.79 Å². The lowest BCUT2D eigenvalue weighted by Crippen LogP contribution is -2.25. The van der Waals surface area contributed by atoms with Gasteiger partial charge in [0.2, 0.25) is 6.29 Å². The predicted octanol–water partition coefficient (Wildman–Crippen LogP) is 0.686. The molecule has 3 nitrogen and oxygen atoms in total. The predicted molar refractivity (Wildman–Crippen MR) is 33.2 cm³/mol. The molecule has 0 amide bonds. The molecule has 0 bridgehead atoms. The Kier molecular flexibility index (Phi) is 1.38. The lowest BCUT2D eigenvalue weighted by Gasteiger charge is -2.22. The first kappa shape index (κ1) is 6.16. The summed E-state index contributed by atoms with van der Waals surface area (Å²) in [6.45, 7) is 0.744. The van der Waals surface area contributed by atoms with Crippen molar-refractivity contribution in [2.75, 3.05) is 6.61 Å². The Morgan fingerprint density at radius 1 is 1.50 bits per heavy atom. The van der Waals surface area contributed by atoms with Gasteiger partial charge in [0, 0.05) is 5.92 Å². The standard InChI is InChI=1S/C7H10O3/c8-6-4-5-2-1-3-9-7(5)10-6/h5,7H,1-4H2/t5-,7+/m1/s1. The van der Waals surface area contributed by atoms with Crippen LogP contribution in [0.2, 0.25) is 0 Å². The monoisotopic (exact) mass is 142 g/mol. The van der Waals surface area contributed by atoms with E-state index in [1.165, 1.54) is 0 Å². The first-order chi connectivity index (χ1) is 4.86. The topological polar surface area (TPSA) is 35.5 Å². The summed E-state index contributed by atoms with van der Waals surface area (Å²) in [7, 11) is 0. The second-order valence-corrected chi connectivity index (χ2v) is 2.84. The summed E-state index contributed by atoms with van der Waals surface area (Å²) in [4.78, 5) is 10.7. The molecule has 0 aliphatic carbocycles. The van der Waals surface area contributed by atoms with E-state index in [1.54, 1.807) is 0 Å². The lowest BCUT2D eigenvalue weighted by atomic mass is 9.99. The van der Waals surface area contributed by atoms with Gasteiger partial charge in [0.05, 0.1) is 13.0 Å². The fraction of sp³-hybridized carbons (Fsp3) is 0.857. The third kappa shape index (κ3) is 0.904. The van der Waals surface area contributed by atoms with Crippen LogP contribution >= 0.6 is 0 Å². The highest BCUT2D eigenvalue weighted by Gasteiger charge is 2.37. The van der Waals surface area contributed by atoms with Crippen LogP contribution in [0.5, 0.6) is 0 Å². The average molecular weight is 142 g/mol. The maximum absolute atomic E-state index is 10.7. The zero-order valence-corrected chi connectivity index (χ0v) is 5.71. The largest absolute Gasteiger partial charge is 0.435 e. The first-order valence-electron chi connectivity index (χ1n) is 3.67. The van der Waals surface area contributed by atoms with E-state index in [9.17, 15) is 4.79 Å². The molecule has 0 unspecified atom stereocenters. The van der Waals surface area contributed by atoms with Gasteiger partial charge in [0.25, 0.3) is 0 Å². The van der Waals surface area contributed by atoms with Gasteiger partial charge in [-0.1, -0.05) is 0 Å². The second-order valence-electron chi connectivity index (χ2n) is 2.84. The molecule has 0 saturated carbocycles. The molecule has 2 fully saturated rings. The number of carbonyl (C=O) groups excluding carboxylic acids is 1. The van der Waals surface area contributed by atoms with Gasteiger partial charge in [-0.25, -0.2) is 0 Å². The van der Waals surface area contributed by atoms with Crippen LogP contribution < -0.4 is 0 Å². The minimum atomic E-state index is -0.207. The van der Waals surface area contributed by atoms with Gasteiger partial charge in [-0.15, -0.1) is 0 Å². The summed E-state index contributed by atoms with van der Waals surface area (Å²) in [5.74, 6) is 0.248. The molecule has 0 radical (unpaired) electrons. The summed E-state index contributed by atoms with van der Waals surface area (Å²) >= 11 is 0. The molecule has 0 aromatic heterocycles. The van der Waals surface area contributed by atoms with Crippen LogP contribution in [0, 0.1) is 5.92 Å². The third-order valence-electron chi connectivity index (χ3n) is 2.06.